The molecule has 1 unspecified atom stereocenters. The predicted octanol–water partition coefficient (Wildman–Crippen LogP) is 16.1. The van der Waals surface area contributed by atoms with Gasteiger partial charge in [-0.3, -0.25) is 14.4 Å². The first-order valence-electron chi connectivity index (χ1n) is 24.8. The normalized spacial score (nSPS) is 12.5. The van der Waals surface area contributed by atoms with Gasteiger partial charge in [-0.25, -0.2) is 0 Å². The lowest BCUT2D eigenvalue weighted by Gasteiger charge is -2.18. The molecule has 0 aliphatic heterocycles. The molecule has 6 heteroatoms. The van der Waals surface area contributed by atoms with Crippen LogP contribution in [-0.2, 0) is 28.6 Å². The number of rotatable bonds is 44. The van der Waals surface area contributed by atoms with Crippen LogP contribution in [0.15, 0.2) is 60.8 Å². The number of esters is 3. The summed E-state index contributed by atoms with van der Waals surface area (Å²) in [5.41, 5.74) is 0. The molecule has 0 aromatic rings. The third kappa shape index (κ3) is 46.0. The Morgan fingerprint density at radius 3 is 1.03 bits per heavy atom. The summed E-state index contributed by atoms with van der Waals surface area (Å²) in [5, 5.41) is 0. The predicted molar refractivity (Wildman–Crippen MR) is 251 cm³/mol. The number of unbranched alkanes of at least 4 members (excludes halogenated alkanes) is 23. The summed E-state index contributed by atoms with van der Waals surface area (Å²) >= 11 is 0. The van der Waals surface area contributed by atoms with Gasteiger partial charge in [0.2, 0.25) is 0 Å². The monoisotopic (exact) mass is 825 g/mol. The Balaban J connectivity index is 4.28. The second kappa shape index (κ2) is 47.8. The first-order chi connectivity index (χ1) is 29.0. The molecule has 0 bridgehead atoms. The number of allylic oxidation sites excluding steroid dienone is 10. The number of ether oxygens (including phenoxy) is 3. The molecule has 0 aliphatic carbocycles. The summed E-state index contributed by atoms with van der Waals surface area (Å²) in [7, 11) is 0. The molecule has 0 aromatic carbocycles. The Kier molecular flexibility index (Phi) is 45.4. The molecule has 0 amide bonds. The molecule has 0 radical (unpaired) electrons. The molecular formula is C53H92O6. The average Bonchev–Trinajstić information content (AvgIpc) is 3.23. The van der Waals surface area contributed by atoms with Gasteiger partial charge < -0.3 is 14.2 Å². The second-order valence-corrected chi connectivity index (χ2v) is 16.4. The van der Waals surface area contributed by atoms with Gasteiger partial charge >= 0.3 is 17.9 Å². The van der Waals surface area contributed by atoms with Crippen LogP contribution in [-0.4, -0.2) is 37.2 Å². The lowest BCUT2D eigenvalue weighted by molar-refractivity contribution is -0.167. The molecule has 0 aliphatic rings. The number of carbonyl (C=O) groups excluding carboxylic acids is 3. The van der Waals surface area contributed by atoms with Gasteiger partial charge in [0.25, 0.3) is 0 Å². The molecular weight excluding hydrogens is 733 g/mol. The molecule has 0 aromatic heterocycles. The molecule has 0 saturated heterocycles. The van der Waals surface area contributed by atoms with Crippen molar-refractivity contribution >= 4 is 17.9 Å². The van der Waals surface area contributed by atoms with Crippen LogP contribution < -0.4 is 0 Å². The van der Waals surface area contributed by atoms with Crippen molar-refractivity contribution in [3.63, 3.8) is 0 Å². The first-order valence-corrected chi connectivity index (χ1v) is 24.8. The van der Waals surface area contributed by atoms with Crippen LogP contribution in [0.5, 0.6) is 0 Å². The van der Waals surface area contributed by atoms with Crippen LogP contribution in [0.4, 0.5) is 0 Å². The standard InChI is InChI=1S/C53H92O6/c1-4-7-10-13-16-18-20-22-24-26-27-28-30-31-33-35-37-40-43-46-52(55)58-49-50(48-57-51(54)45-42-39-15-12-9-6-3)59-53(56)47-44-41-38-36-34-32-29-25-23-21-19-17-14-11-8-5-2/h7,10,16,18,22,24,27-28,31,33,50H,4-6,8-9,11-15,17,19-21,23,25-26,29-30,32,34-49H2,1-3H3/b10-7-,18-16-,24-22-,28-27-,33-31-. The molecule has 340 valence electrons. The highest BCUT2D eigenvalue weighted by Gasteiger charge is 2.19. The summed E-state index contributed by atoms with van der Waals surface area (Å²) in [5.74, 6) is -0.922. The molecule has 0 spiro atoms. The van der Waals surface area contributed by atoms with E-state index in [0.29, 0.717) is 19.3 Å². The van der Waals surface area contributed by atoms with Crippen molar-refractivity contribution in [1.29, 1.82) is 0 Å². The van der Waals surface area contributed by atoms with Gasteiger partial charge in [0.1, 0.15) is 13.2 Å². The van der Waals surface area contributed by atoms with Gasteiger partial charge in [-0.1, -0.05) is 216 Å². The van der Waals surface area contributed by atoms with Crippen molar-refractivity contribution in [1.82, 2.24) is 0 Å². The molecule has 6 nitrogen and oxygen atoms in total. The highest BCUT2D eigenvalue weighted by molar-refractivity contribution is 5.71. The average molecular weight is 825 g/mol. The van der Waals surface area contributed by atoms with Crippen LogP contribution in [0.2, 0.25) is 0 Å². The number of carbonyl (C=O) groups is 3. The van der Waals surface area contributed by atoms with Gasteiger partial charge in [0.15, 0.2) is 6.10 Å². The van der Waals surface area contributed by atoms with E-state index in [4.69, 9.17) is 14.2 Å². The first kappa shape index (κ1) is 56.1. The van der Waals surface area contributed by atoms with E-state index in [9.17, 15) is 14.4 Å². The van der Waals surface area contributed by atoms with E-state index in [-0.39, 0.29) is 31.1 Å². The van der Waals surface area contributed by atoms with E-state index >= 15 is 0 Å². The van der Waals surface area contributed by atoms with Crippen molar-refractivity contribution in [2.75, 3.05) is 13.2 Å². The van der Waals surface area contributed by atoms with Gasteiger partial charge in [-0.2, -0.15) is 0 Å². The Labute approximate surface area is 364 Å². The zero-order valence-electron chi connectivity index (χ0n) is 38.8. The quantitative estimate of drug-likeness (QED) is 0.0263. The summed E-state index contributed by atoms with van der Waals surface area (Å²) < 4.78 is 16.7. The zero-order valence-corrected chi connectivity index (χ0v) is 38.8. The summed E-state index contributed by atoms with van der Waals surface area (Å²) in [6.45, 7) is 6.44. The van der Waals surface area contributed by atoms with Crippen molar-refractivity contribution in [3.05, 3.63) is 60.8 Å². The summed E-state index contributed by atoms with van der Waals surface area (Å²) in [6, 6.07) is 0. The van der Waals surface area contributed by atoms with Crippen LogP contribution in [0, 0.1) is 0 Å². The smallest absolute Gasteiger partial charge is 0.306 e. The van der Waals surface area contributed by atoms with Gasteiger partial charge in [-0.15, -0.1) is 0 Å². The molecule has 0 fully saturated rings. The number of hydrogen-bond donors (Lipinski definition) is 0. The fourth-order valence-electron chi connectivity index (χ4n) is 6.82. The minimum absolute atomic E-state index is 0.0834. The molecule has 0 N–H and O–H groups in total. The van der Waals surface area contributed by atoms with Gasteiger partial charge in [-0.05, 0) is 64.2 Å². The van der Waals surface area contributed by atoms with Crippen molar-refractivity contribution < 1.29 is 28.6 Å². The molecule has 0 rings (SSSR count). The van der Waals surface area contributed by atoms with Crippen molar-refractivity contribution in [3.8, 4) is 0 Å². The van der Waals surface area contributed by atoms with E-state index < -0.39 is 6.10 Å². The Bertz CT molecular complexity index is 1090. The molecule has 1 atom stereocenters. The van der Waals surface area contributed by atoms with Crippen molar-refractivity contribution in [2.45, 2.75) is 245 Å². The molecule has 59 heavy (non-hydrogen) atoms. The zero-order chi connectivity index (χ0) is 43.0. The van der Waals surface area contributed by atoms with E-state index in [0.717, 1.165) is 96.3 Å². The van der Waals surface area contributed by atoms with Gasteiger partial charge in [0.05, 0.1) is 0 Å². The van der Waals surface area contributed by atoms with E-state index in [1.54, 1.807) is 0 Å². The maximum Gasteiger partial charge on any atom is 0.306 e. The highest BCUT2D eigenvalue weighted by atomic mass is 16.6. The topological polar surface area (TPSA) is 78.9 Å². The lowest BCUT2D eigenvalue weighted by Crippen LogP contribution is -2.30. The maximum absolute atomic E-state index is 12.7. The minimum Gasteiger partial charge on any atom is -0.462 e. The largest absolute Gasteiger partial charge is 0.462 e. The Morgan fingerprint density at radius 2 is 0.661 bits per heavy atom. The van der Waals surface area contributed by atoms with Crippen LogP contribution in [0.1, 0.15) is 239 Å². The SMILES string of the molecule is CC/C=C\C/C=C\C/C=C\C/C=C\C/C=C\CCCCCC(=O)OCC(COC(=O)CCCCCCCC)OC(=O)CCCCCCCCCCCCCCCCCC. The Morgan fingerprint density at radius 1 is 0.356 bits per heavy atom. The van der Waals surface area contributed by atoms with Crippen LogP contribution in [0.25, 0.3) is 0 Å². The maximum atomic E-state index is 12.7. The highest BCUT2D eigenvalue weighted by Crippen LogP contribution is 2.15. The summed E-state index contributed by atoms with van der Waals surface area (Å²) in [6.07, 6.45) is 58.0. The second-order valence-electron chi connectivity index (χ2n) is 16.4. The third-order valence-corrected chi connectivity index (χ3v) is 10.5. The third-order valence-electron chi connectivity index (χ3n) is 10.5. The van der Waals surface area contributed by atoms with E-state index in [1.807, 2.05) is 0 Å². The van der Waals surface area contributed by atoms with Crippen molar-refractivity contribution in [2.24, 2.45) is 0 Å². The fraction of sp³-hybridized carbons (Fsp3) is 0.755. The molecule has 0 saturated carbocycles. The van der Waals surface area contributed by atoms with Gasteiger partial charge in [0, 0.05) is 19.3 Å². The number of hydrogen-bond acceptors (Lipinski definition) is 6. The van der Waals surface area contributed by atoms with E-state index in [2.05, 4.69) is 81.5 Å². The van der Waals surface area contributed by atoms with Crippen LogP contribution >= 0.6 is 0 Å². The fourth-order valence-corrected chi connectivity index (χ4v) is 6.82. The van der Waals surface area contributed by atoms with E-state index in [1.165, 1.54) is 103 Å². The minimum atomic E-state index is -0.781. The van der Waals surface area contributed by atoms with Crippen LogP contribution in [0.3, 0.4) is 0 Å². The summed E-state index contributed by atoms with van der Waals surface area (Å²) in [4.78, 5) is 37.7. The molecule has 0 heterocycles. The Hall–Kier alpha value is -2.89. The lowest BCUT2D eigenvalue weighted by atomic mass is 10.0.